The number of carbonyl (C=O) groups is 2. The van der Waals surface area contributed by atoms with Gasteiger partial charge >= 0.3 is 11.9 Å². The van der Waals surface area contributed by atoms with Gasteiger partial charge in [-0.15, -0.1) is 0 Å². The monoisotopic (exact) mass is 392 g/mol. The Hall–Kier alpha value is -2.10. The van der Waals surface area contributed by atoms with Gasteiger partial charge in [0.2, 0.25) is 0 Å². The van der Waals surface area contributed by atoms with Crippen LogP contribution in [-0.2, 0) is 9.59 Å². The molecule has 0 unspecified atom stereocenters. The second kappa shape index (κ2) is 24.9. The van der Waals surface area contributed by atoms with Gasteiger partial charge in [-0.05, 0) is 51.4 Å². The SMILES string of the molecule is CCCC(=O)O.CCCCCC=CCC=CCC=CCC=CCCCC(=O)O. The fourth-order valence-electron chi connectivity index (χ4n) is 2.15. The lowest BCUT2D eigenvalue weighted by atomic mass is 10.2. The number of unbranched alkanes of at least 4 members (excludes halogenated alkanes) is 4. The van der Waals surface area contributed by atoms with Crippen LogP contribution in [0.3, 0.4) is 0 Å². The van der Waals surface area contributed by atoms with Crippen molar-refractivity contribution in [2.75, 3.05) is 0 Å². The van der Waals surface area contributed by atoms with E-state index in [1.807, 2.05) is 6.92 Å². The van der Waals surface area contributed by atoms with Crippen LogP contribution >= 0.6 is 0 Å². The van der Waals surface area contributed by atoms with E-state index in [0.717, 1.165) is 38.5 Å². The number of hydrogen-bond acceptors (Lipinski definition) is 2. The van der Waals surface area contributed by atoms with Gasteiger partial charge in [-0.3, -0.25) is 9.59 Å². The highest BCUT2D eigenvalue weighted by molar-refractivity contribution is 5.66. The molecule has 0 radical (unpaired) electrons. The molecule has 0 spiro atoms. The highest BCUT2D eigenvalue weighted by Gasteiger charge is 1.92. The molecule has 4 nitrogen and oxygen atoms in total. The summed E-state index contributed by atoms with van der Waals surface area (Å²) in [5, 5.41) is 16.4. The molecule has 0 aliphatic rings. The van der Waals surface area contributed by atoms with Gasteiger partial charge < -0.3 is 10.2 Å². The van der Waals surface area contributed by atoms with Crippen LogP contribution in [0, 0.1) is 0 Å². The zero-order chi connectivity index (χ0) is 21.3. The molecule has 2 N–H and O–H groups in total. The number of aliphatic carboxylic acids is 2. The van der Waals surface area contributed by atoms with Gasteiger partial charge in [0.05, 0.1) is 0 Å². The largest absolute Gasteiger partial charge is 0.481 e. The molecule has 0 aromatic heterocycles. The maximum absolute atomic E-state index is 10.3. The van der Waals surface area contributed by atoms with Crippen LogP contribution in [-0.4, -0.2) is 22.2 Å². The molecule has 0 aliphatic heterocycles. The van der Waals surface area contributed by atoms with Gasteiger partial charge in [0.25, 0.3) is 0 Å². The lowest BCUT2D eigenvalue weighted by Gasteiger charge is -1.90. The molecule has 0 bridgehead atoms. The Morgan fingerprint density at radius 2 is 1.00 bits per heavy atom. The van der Waals surface area contributed by atoms with Gasteiger partial charge in [0, 0.05) is 12.8 Å². The lowest BCUT2D eigenvalue weighted by Crippen LogP contribution is -1.92. The minimum atomic E-state index is -0.712. The van der Waals surface area contributed by atoms with Crippen LogP contribution in [0.15, 0.2) is 48.6 Å². The van der Waals surface area contributed by atoms with E-state index in [-0.39, 0.29) is 6.42 Å². The molecule has 0 saturated carbocycles. The van der Waals surface area contributed by atoms with Crippen molar-refractivity contribution < 1.29 is 19.8 Å². The standard InChI is InChI=1S/C20H32O2.C4H8O2/c1-2-3-4-5-6-7-8-9-10-11-12-13-14-15-16-17-18-19-20(21)22;1-2-3-4(5)6/h6-7,9-10,12-13,15-16H,2-5,8,11,14,17-19H2,1H3,(H,21,22);2-3H2,1H3,(H,5,6). The number of rotatable bonds is 16. The summed E-state index contributed by atoms with van der Waals surface area (Å²) in [6.45, 7) is 4.07. The minimum Gasteiger partial charge on any atom is -0.481 e. The summed E-state index contributed by atoms with van der Waals surface area (Å²) in [7, 11) is 0. The van der Waals surface area contributed by atoms with Crippen LogP contribution in [0.2, 0.25) is 0 Å². The molecule has 0 heterocycles. The zero-order valence-electron chi connectivity index (χ0n) is 17.8. The predicted molar refractivity (Wildman–Crippen MR) is 119 cm³/mol. The maximum Gasteiger partial charge on any atom is 0.303 e. The molecule has 0 saturated heterocycles. The second-order valence-corrected chi connectivity index (χ2v) is 6.52. The van der Waals surface area contributed by atoms with Crippen molar-refractivity contribution in [3.8, 4) is 0 Å². The number of allylic oxidation sites excluding steroid dienone is 8. The molecule has 4 heteroatoms. The van der Waals surface area contributed by atoms with Gasteiger partial charge in [-0.1, -0.05) is 75.3 Å². The first kappa shape index (κ1) is 28.1. The van der Waals surface area contributed by atoms with Crippen LogP contribution in [0.5, 0.6) is 0 Å². The Bertz CT molecular complexity index is 473. The van der Waals surface area contributed by atoms with Crippen molar-refractivity contribution in [3.05, 3.63) is 48.6 Å². The van der Waals surface area contributed by atoms with E-state index < -0.39 is 11.9 Å². The van der Waals surface area contributed by atoms with Gasteiger partial charge in [0.1, 0.15) is 0 Å². The third kappa shape index (κ3) is 31.6. The fraction of sp³-hybridized carbons (Fsp3) is 0.583. The Morgan fingerprint density at radius 3 is 1.36 bits per heavy atom. The predicted octanol–water partition coefficient (Wildman–Crippen LogP) is 7.09. The molecule has 0 aromatic rings. The van der Waals surface area contributed by atoms with E-state index in [1.165, 1.54) is 25.7 Å². The first-order valence-electron chi connectivity index (χ1n) is 10.6. The third-order valence-electron chi connectivity index (χ3n) is 3.68. The maximum atomic E-state index is 10.3. The summed E-state index contributed by atoms with van der Waals surface area (Å²) in [5.41, 5.74) is 0. The normalized spacial score (nSPS) is 11.5. The van der Waals surface area contributed by atoms with Crippen molar-refractivity contribution in [1.82, 2.24) is 0 Å². The molecule has 160 valence electrons. The van der Waals surface area contributed by atoms with Gasteiger partial charge in [-0.25, -0.2) is 0 Å². The van der Waals surface area contributed by atoms with Crippen molar-refractivity contribution in [1.29, 1.82) is 0 Å². The average molecular weight is 393 g/mol. The van der Waals surface area contributed by atoms with Crippen LogP contribution in [0.25, 0.3) is 0 Å². The summed E-state index contributed by atoms with van der Waals surface area (Å²) in [6, 6.07) is 0. The summed E-state index contributed by atoms with van der Waals surface area (Å²) < 4.78 is 0. The highest BCUT2D eigenvalue weighted by atomic mass is 16.4. The van der Waals surface area contributed by atoms with E-state index in [4.69, 9.17) is 10.2 Å². The summed E-state index contributed by atoms with van der Waals surface area (Å²) in [6.07, 6.45) is 28.4. The van der Waals surface area contributed by atoms with Crippen LogP contribution in [0.4, 0.5) is 0 Å². The Kier molecular flexibility index (Phi) is 25.0. The van der Waals surface area contributed by atoms with Crippen molar-refractivity contribution in [3.63, 3.8) is 0 Å². The number of carboxylic acids is 2. The van der Waals surface area contributed by atoms with Crippen LogP contribution in [0.1, 0.15) is 90.9 Å². The molecule has 0 atom stereocenters. The highest BCUT2D eigenvalue weighted by Crippen LogP contribution is 2.01. The molecule has 0 aromatic carbocycles. The molecule has 0 amide bonds. The molecule has 0 aliphatic carbocycles. The number of carboxylic acid groups (broad SMARTS) is 2. The summed E-state index contributed by atoms with van der Waals surface area (Å²) >= 11 is 0. The summed E-state index contributed by atoms with van der Waals surface area (Å²) in [5.74, 6) is -1.42. The van der Waals surface area contributed by atoms with E-state index in [1.54, 1.807) is 0 Å². The summed E-state index contributed by atoms with van der Waals surface area (Å²) in [4.78, 5) is 19.9. The topological polar surface area (TPSA) is 74.6 Å². The smallest absolute Gasteiger partial charge is 0.303 e. The second-order valence-electron chi connectivity index (χ2n) is 6.52. The van der Waals surface area contributed by atoms with Crippen molar-refractivity contribution >= 4 is 11.9 Å². The lowest BCUT2D eigenvalue weighted by molar-refractivity contribution is -0.138. The van der Waals surface area contributed by atoms with E-state index in [0.29, 0.717) is 6.42 Å². The van der Waals surface area contributed by atoms with Crippen molar-refractivity contribution in [2.45, 2.75) is 90.9 Å². The average Bonchev–Trinajstić information content (AvgIpc) is 2.64. The molecule has 0 rings (SSSR count). The molecule has 0 fully saturated rings. The fourth-order valence-corrected chi connectivity index (χ4v) is 2.15. The van der Waals surface area contributed by atoms with E-state index in [2.05, 4.69) is 55.5 Å². The quantitative estimate of drug-likeness (QED) is 0.217. The molecule has 28 heavy (non-hydrogen) atoms. The Morgan fingerprint density at radius 1 is 0.571 bits per heavy atom. The number of hydrogen-bond donors (Lipinski definition) is 2. The third-order valence-corrected chi connectivity index (χ3v) is 3.68. The first-order chi connectivity index (χ1) is 13.5. The van der Waals surface area contributed by atoms with Crippen LogP contribution < -0.4 is 0 Å². The van der Waals surface area contributed by atoms with E-state index >= 15 is 0 Å². The Labute approximate surface area is 171 Å². The Balaban J connectivity index is 0. The first-order valence-corrected chi connectivity index (χ1v) is 10.6. The van der Waals surface area contributed by atoms with Gasteiger partial charge in [0.15, 0.2) is 0 Å². The van der Waals surface area contributed by atoms with Gasteiger partial charge in [-0.2, -0.15) is 0 Å². The molecular formula is C24H40O4. The van der Waals surface area contributed by atoms with E-state index in [9.17, 15) is 9.59 Å². The minimum absolute atomic E-state index is 0.262. The molecular weight excluding hydrogens is 352 g/mol. The van der Waals surface area contributed by atoms with Crippen molar-refractivity contribution in [2.24, 2.45) is 0 Å². The zero-order valence-corrected chi connectivity index (χ0v) is 17.8.